The molecule has 0 bridgehead atoms. The molecule has 1 aliphatic heterocycles. The van der Waals surface area contributed by atoms with Crippen LogP contribution >= 0.6 is 11.3 Å². The zero-order chi connectivity index (χ0) is 30.5. The van der Waals surface area contributed by atoms with Crippen LogP contribution in [-0.4, -0.2) is 55.9 Å². The number of ether oxygens (including phenoxy) is 1. The molecular weight excluding hydrogens is 595 g/mol. The number of hydrogen-bond donors (Lipinski definition) is 2. The second kappa shape index (κ2) is 13.8. The van der Waals surface area contributed by atoms with Crippen LogP contribution in [0.4, 0.5) is 5.13 Å². The third kappa shape index (κ3) is 7.50. The molecule has 0 spiro atoms. The predicted octanol–water partition coefficient (Wildman–Crippen LogP) is 6.23. The summed E-state index contributed by atoms with van der Waals surface area (Å²) in [7, 11) is -2.20. The van der Waals surface area contributed by atoms with Crippen LogP contribution in [-0.2, 0) is 14.8 Å². The van der Waals surface area contributed by atoms with Gasteiger partial charge in [0.2, 0.25) is 11.8 Å². The van der Waals surface area contributed by atoms with E-state index in [0.29, 0.717) is 45.3 Å². The van der Waals surface area contributed by atoms with E-state index in [1.165, 1.54) is 43.4 Å². The molecule has 2 atom stereocenters. The predicted molar refractivity (Wildman–Crippen MR) is 174 cm³/mol. The van der Waals surface area contributed by atoms with Gasteiger partial charge in [0.15, 0.2) is 5.13 Å². The number of nitrogens with zero attached hydrogens (tertiary/aromatic N) is 3. The Labute approximate surface area is 263 Å². The van der Waals surface area contributed by atoms with Gasteiger partial charge in [0.25, 0.3) is 10.0 Å². The quantitative estimate of drug-likeness (QED) is 0.257. The SMILES string of the molecule is COc1ccc2nc(NC(=O)C(CC3CCCC3)c3ccc(S(=O)(=O)NC4=CCC(CN5CCCCC5)C=C4)cc3)sc2n1. The minimum Gasteiger partial charge on any atom is -0.481 e. The zero-order valence-corrected chi connectivity index (χ0v) is 26.8. The number of methoxy groups -OCH3 is 1. The summed E-state index contributed by atoms with van der Waals surface area (Å²) in [6.07, 6.45) is 15.9. The number of amides is 1. The van der Waals surface area contributed by atoms with Crippen LogP contribution in [0.1, 0.15) is 69.3 Å². The topological polar surface area (TPSA) is 114 Å². The van der Waals surface area contributed by atoms with Gasteiger partial charge in [-0.2, -0.15) is 0 Å². The number of nitrogens with one attached hydrogen (secondary N) is 2. The second-order valence-corrected chi connectivity index (χ2v) is 14.8. The molecule has 1 saturated carbocycles. The fourth-order valence-electron chi connectivity index (χ4n) is 6.58. The first-order valence-electron chi connectivity index (χ1n) is 15.7. The molecule has 1 saturated heterocycles. The zero-order valence-electron chi connectivity index (χ0n) is 25.2. The molecule has 3 aliphatic rings. The van der Waals surface area contributed by atoms with Crippen molar-refractivity contribution >= 4 is 42.7 Å². The average molecular weight is 636 g/mol. The highest BCUT2D eigenvalue weighted by molar-refractivity contribution is 7.89. The van der Waals surface area contributed by atoms with Crippen molar-refractivity contribution in [1.82, 2.24) is 19.6 Å². The van der Waals surface area contributed by atoms with E-state index in [0.717, 1.165) is 44.5 Å². The Kier molecular flexibility index (Phi) is 9.63. The molecular formula is C33H41N5O4S2. The molecule has 2 N–H and O–H groups in total. The number of hydrogen-bond acceptors (Lipinski definition) is 8. The maximum atomic E-state index is 13.7. The molecule has 3 heterocycles. The molecule has 234 valence electrons. The average Bonchev–Trinajstić information content (AvgIpc) is 3.70. The van der Waals surface area contributed by atoms with Crippen LogP contribution < -0.4 is 14.8 Å². The number of rotatable bonds is 11. The molecule has 2 aromatic heterocycles. The fourth-order valence-corrected chi connectivity index (χ4v) is 8.48. The summed E-state index contributed by atoms with van der Waals surface area (Å²) in [5, 5.41) is 3.49. The van der Waals surface area contributed by atoms with E-state index in [1.807, 2.05) is 18.2 Å². The Morgan fingerprint density at radius 2 is 1.82 bits per heavy atom. The lowest BCUT2D eigenvalue weighted by molar-refractivity contribution is -0.118. The first kappa shape index (κ1) is 30.7. The Morgan fingerprint density at radius 3 is 2.52 bits per heavy atom. The maximum absolute atomic E-state index is 13.7. The molecule has 0 radical (unpaired) electrons. The number of piperidine rings is 1. The van der Waals surface area contributed by atoms with Gasteiger partial charge in [0.05, 0.1) is 17.9 Å². The normalized spacial score (nSPS) is 20.4. The van der Waals surface area contributed by atoms with Gasteiger partial charge in [-0.3, -0.25) is 9.52 Å². The Morgan fingerprint density at radius 1 is 1.05 bits per heavy atom. The van der Waals surface area contributed by atoms with Gasteiger partial charge in [0, 0.05) is 18.3 Å². The number of thiazole rings is 1. The second-order valence-electron chi connectivity index (χ2n) is 12.2. The highest BCUT2D eigenvalue weighted by Gasteiger charge is 2.28. The number of likely N-dealkylation sites (tertiary alicyclic amines) is 1. The van der Waals surface area contributed by atoms with Crippen LogP contribution in [0.2, 0.25) is 0 Å². The third-order valence-electron chi connectivity index (χ3n) is 9.00. The Bertz CT molecular complexity index is 1620. The van der Waals surface area contributed by atoms with Gasteiger partial charge in [0.1, 0.15) is 10.3 Å². The molecule has 2 unspecified atom stereocenters. The maximum Gasteiger partial charge on any atom is 0.261 e. The van der Waals surface area contributed by atoms with Gasteiger partial charge in [-0.05, 0) is 80.4 Å². The van der Waals surface area contributed by atoms with Crippen molar-refractivity contribution in [2.75, 3.05) is 32.1 Å². The van der Waals surface area contributed by atoms with E-state index in [2.05, 4.69) is 31.0 Å². The number of aromatic nitrogens is 2. The van der Waals surface area contributed by atoms with Crippen LogP contribution in [0, 0.1) is 11.8 Å². The van der Waals surface area contributed by atoms with Gasteiger partial charge < -0.3 is 15.0 Å². The van der Waals surface area contributed by atoms with Crippen molar-refractivity contribution in [3.05, 3.63) is 65.9 Å². The molecule has 2 fully saturated rings. The summed E-state index contributed by atoms with van der Waals surface area (Å²) in [5.74, 6) is 0.799. The van der Waals surface area contributed by atoms with Crippen molar-refractivity contribution in [3.8, 4) is 5.88 Å². The Balaban J connectivity index is 1.12. The highest BCUT2D eigenvalue weighted by Crippen LogP contribution is 2.36. The Hall–Kier alpha value is -3.28. The molecule has 11 heteroatoms. The smallest absolute Gasteiger partial charge is 0.261 e. The van der Waals surface area contributed by atoms with Gasteiger partial charge in [-0.25, -0.2) is 18.4 Å². The van der Waals surface area contributed by atoms with Crippen LogP contribution in [0.25, 0.3) is 10.3 Å². The molecule has 6 rings (SSSR count). The minimum absolute atomic E-state index is 0.145. The van der Waals surface area contributed by atoms with E-state index in [1.54, 1.807) is 37.4 Å². The first-order chi connectivity index (χ1) is 21.4. The number of sulfonamides is 1. The number of pyridine rings is 1. The van der Waals surface area contributed by atoms with E-state index in [4.69, 9.17) is 4.74 Å². The molecule has 44 heavy (non-hydrogen) atoms. The number of fused-ring (bicyclic) bond motifs is 1. The van der Waals surface area contributed by atoms with Crippen LogP contribution in [0.15, 0.2) is 65.2 Å². The number of allylic oxidation sites excluding steroid dienone is 2. The number of carbonyl (C=O) groups excluding carboxylic acids is 1. The molecule has 1 aromatic carbocycles. The lowest BCUT2D eigenvalue weighted by Crippen LogP contribution is -2.34. The monoisotopic (exact) mass is 635 g/mol. The summed E-state index contributed by atoms with van der Waals surface area (Å²) < 4.78 is 34.5. The molecule has 3 aromatic rings. The minimum atomic E-state index is -3.76. The summed E-state index contributed by atoms with van der Waals surface area (Å²) >= 11 is 1.31. The third-order valence-corrected chi connectivity index (χ3v) is 11.3. The standard InChI is InChI=1S/C33H41N5O4S2/c1-42-30-18-17-29-32(35-30)43-33(34-29)36-31(39)28(21-23-7-3-4-8-23)25-11-15-27(16-12-25)44(40,41)37-26-13-9-24(10-14-26)22-38-19-5-2-6-20-38/h9,11-18,23-24,28,37H,2-8,10,19-22H2,1H3,(H,34,36,39). The van der Waals surface area contributed by atoms with Crippen molar-refractivity contribution < 1.29 is 17.9 Å². The lowest BCUT2D eigenvalue weighted by atomic mass is 9.87. The van der Waals surface area contributed by atoms with E-state index < -0.39 is 15.9 Å². The van der Waals surface area contributed by atoms with E-state index in [-0.39, 0.29) is 10.8 Å². The molecule has 9 nitrogen and oxygen atoms in total. The molecule has 2 aliphatic carbocycles. The molecule has 1 amide bonds. The van der Waals surface area contributed by atoms with Crippen LogP contribution in [0.5, 0.6) is 5.88 Å². The first-order valence-corrected chi connectivity index (χ1v) is 18.0. The van der Waals surface area contributed by atoms with Crippen molar-refractivity contribution in [2.45, 2.75) is 68.6 Å². The summed E-state index contributed by atoms with van der Waals surface area (Å²) in [4.78, 5) is 26.0. The van der Waals surface area contributed by atoms with Crippen molar-refractivity contribution in [3.63, 3.8) is 0 Å². The van der Waals surface area contributed by atoms with Gasteiger partial charge in [-0.1, -0.05) is 67.7 Å². The summed E-state index contributed by atoms with van der Waals surface area (Å²) in [5.41, 5.74) is 2.10. The summed E-state index contributed by atoms with van der Waals surface area (Å²) in [6, 6.07) is 10.3. The largest absolute Gasteiger partial charge is 0.481 e. The van der Waals surface area contributed by atoms with Crippen LogP contribution in [0.3, 0.4) is 0 Å². The highest BCUT2D eigenvalue weighted by atomic mass is 32.2. The van der Waals surface area contributed by atoms with E-state index in [9.17, 15) is 13.2 Å². The number of benzene rings is 1. The number of anilines is 1. The fraction of sp³-hybridized carbons (Fsp3) is 0.485. The van der Waals surface area contributed by atoms with Crippen molar-refractivity contribution in [1.29, 1.82) is 0 Å². The lowest BCUT2D eigenvalue weighted by Gasteiger charge is -2.30. The van der Waals surface area contributed by atoms with Gasteiger partial charge >= 0.3 is 0 Å². The van der Waals surface area contributed by atoms with Gasteiger partial charge in [-0.15, -0.1) is 0 Å². The number of carbonyl (C=O) groups is 1. The summed E-state index contributed by atoms with van der Waals surface area (Å²) in [6.45, 7) is 3.33. The van der Waals surface area contributed by atoms with Crippen molar-refractivity contribution in [2.24, 2.45) is 11.8 Å². The van der Waals surface area contributed by atoms with E-state index >= 15 is 0 Å².